The number of carboxylic acids is 1. The maximum Gasteiger partial charge on any atom is 0.322 e. The summed E-state index contributed by atoms with van der Waals surface area (Å²) in [5, 5.41) is 9.09. The zero-order valence-electron chi connectivity index (χ0n) is 10.0. The van der Waals surface area contributed by atoms with E-state index in [9.17, 15) is 13.2 Å². The molecule has 5 nitrogen and oxygen atoms in total. The van der Waals surface area contributed by atoms with E-state index in [1.807, 2.05) is 0 Å². The molecule has 104 valence electrons. The summed E-state index contributed by atoms with van der Waals surface area (Å²) in [6.07, 6.45) is 0. The van der Waals surface area contributed by atoms with E-state index in [2.05, 4.69) is 15.9 Å². The molecular formula is C11H12BrNO4S2. The number of aliphatic carboxylic acids is 1. The summed E-state index contributed by atoms with van der Waals surface area (Å²) in [6, 6.07) is 3.96. The van der Waals surface area contributed by atoms with Gasteiger partial charge in [0.1, 0.15) is 6.04 Å². The number of hydrogen-bond acceptors (Lipinski definition) is 4. The summed E-state index contributed by atoms with van der Waals surface area (Å²) in [7, 11) is -3.78. The van der Waals surface area contributed by atoms with Crippen LogP contribution in [0.2, 0.25) is 0 Å². The predicted octanol–water partition coefficient (Wildman–Crippen LogP) is 1.91. The second-order valence-corrected chi connectivity index (χ2v) is 7.93. The van der Waals surface area contributed by atoms with Crippen molar-refractivity contribution in [1.29, 1.82) is 0 Å². The molecule has 1 atom stereocenters. The Labute approximate surface area is 124 Å². The largest absolute Gasteiger partial charge is 0.480 e. The van der Waals surface area contributed by atoms with Crippen molar-refractivity contribution in [3.05, 3.63) is 28.2 Å². The second-order valence-electron chi connectivity index (χ2n) is 4.16. The average Bonchev–Trinajstić information content (AvgIpc) is 2.82. The third-order valence-corrected chi connectivity index (χ3v) is 6.53. The number of nitrogens with zero attached hydrogens (tertiary/aromatic N) is 1. The Morgan fingerprint density at radius 3 is 2.84 bits per heavy atom. The topological polar surface area (TPSA) is 74.7 Å². The van der Waals surface area contributed by atoms with Gasteiger partial charge in [-0.2, -0.15) is 4.31 Å². The highest BCUT2D eigenvalue weighted by Crippen LogP contribution is 2.31. The van der Waals surface area contributed by atoms with E-state index in [-0.39, 0.29) is 16.5 Å². The van der Waals surface area contributed by atoms with Crippen LogP contribution in [-0.2, 0) is 14.8 Å². The number of aryl methyl sites for hydroxylation is 1. The van der Waals surface area contributed by atoms with E-state index in [0.29, 0.717) is 10.0 Å². The molecule has 0 amide bonds. The van der Waals surface area contributed by atoms with Crippen LogP contribution in [0.15, 0.2) is 27.6 Å². The number of sulfonamides is 1. The van der Waals surface area contributed by atoms with Crippen molar-refractivity contribution in [3.63, 3.8) is 0 Å². The Bertz CT molecular complexity index is 617. The van der Waals surface area contributed by atoms with Crippen LogP contribution >= 0.6 is 27.7 Å². The lowest BCUT2D eigenvalue weighted by Gasteiger charge is -2.21. The third-order valence-electron chi connectivity index (χ3n) is 2.86. The van der Waals surface area contributed by atoms with E-state index in [1.54, 1.807) is 19.1 Å². The zero-order valence-corrected chi connectivity index (χ0v) is 13.3. The van der Waals surface area contributed by atoms with Gasteiger partial charge in [0, 0.05) is 10.2 Å². The minimum atomic E-state index is -3.78. The molecular weight excluding hydrogens is 354 g/mol. The van der Waals surface area contributed by atoms with Gasteiger partial charge in [-0.3, -0.25) is 4.79 Å². The van der Waals surface area contributed by atoms with Gasteiger partial charge in [-0.25, -0.2) is 8.42 Å². The maximum absolute atomic E-state index is 12.6. The molecule has 1 fully saturated rings. The van der Waals surface area contributed by atoms with Gasteiger partial charge in [0.2, 0.25) is 10.0 Å². The standard InChI is InChI=1S/C11H12BrNO4S2/c1-7-2-3-8(12)4-10(7)19(16,17)13-6-18-5-9(13)11(14)15/h2-4,9H,5-6H2,1H3,(H,14,15)/t9-/m0/s1. The van der Waals surface area contributed by atoms with Gasteiger partial charge in [0.05, 0.1) is 10.8 Å². The molecule has 1 N–H and O–H groups in total. The minimum Gasteiger partial charge on any atom is -0.480 e. The van der Waals surface area contributed by atoms with Crippen LogP contribution in [0.4, 0.5) is 0 Å². The van der Waals surface area contributed by atoms with Gasteiger partial charge in [-0.15, -0.1) is 11.8 Å². The van der Waals surface area contributed by atoms with Crippen molar-refractivity contribution in [2.45, 2.75) is 17.9 Å². The molecule has 0 aliphatic carbocycles. The summed E-state index contributed by atoms with van der Waals surface area (Å²) in [4.78, 5) is 11.3. The Balaban J connectivity index is 2.48. The molecule has 0 saturated carbocycles. The molecule has 2 rings (SSSR count). The quantitative estimate of drug-likeness (QED) is 0.885. The summed E-state index contributed by atoms with van der Waals surface area (Å²) < 4.78 is 26.8. The molecule has 1 heterocycles. The van der Waals surface area contributed by atoms with Gasteiger partial charge in [-0.05, 0) is 24.6 Å². The first-order valence-electron chi connectivity index (χ1n) is 5.42. The number of rotatable bonds is 3. The van der Waals surface area contributed by atoms with Gasteiger partial charge < -0.3 is 5.11 Å². The lowest BCUT2D eigenvalue weighted by Crippen LogP contribution is -2.41. The molecule has 0 bridgehead atoms. The van der Waals surface area contributed by atoms with E-state index in [4.69, 9.17) is 5.11 Å². The molecule has 0 aromatic heterocycles. The van der Waals surface area contributed by atoms with Crippen LogP contribution in [-0.4, -0.2) is 41.5 Å². The number of carboxylic acid groups (broad SMARTS) is 1. The van der Waals surface area contributed by atoms with Gasteiger partial charge in [-0.1, -0.05) is 22.0 Å². The third kappa shape index (κ3) is 2.81. The van der Waals surface area contributed by atoms with Crippen molar-refractivity contribution in [1.82, 2.24) is 4.31 Å². The summed E-state index contributed by atoms with van der Waals surface area (Å²) in [5.41, 5.74) is 0.601. The first kappa shape index (κ1) is 14.8. The molecule has 1 saturated heterocycles. The van der Waals surface area contributed by atoms with Crippen LogP contribution in [0.25, 0.3) is 0 Å². The van der Waals surface area contributed by atoms with Gasteiger partial charge in [0.25, 0.3) is 0 Å². The molecule has 1 aliphatic rings. The number of halogens is 1. The van der Waals surface area contributed by atoms with Crippen molar-refractivity contribution < 1.29 is 18.3 Å². The predicted molar refractivity (Wildman–Crippen MR) is 76.7 cm³/mol. The average molecular weight is 366 g/mol. The van der Waals surface area contributed by atoms with Crippen LogP contribution in [0, 0.1) is 6.92 Å². The van der Waals surface area contributed by atoms with E-state index in [1.165, 1.54) is 17.8 Å². The smallest absolute Gasteiger partial charge is 0.322 e. The second kappa shape index (κ2) is 5.43. The van der Waals surface area contributed by atoms with Gasteiger partial charge >= 0.3 is 5.97 Å². The van der Waals surface area contributed by atoms with Crippen LogP contribution in [0.3, 0.4) is 0 Å². The molecule has 0 radical (unpaired) electrons. The molecule has 0 spiro atoms. The van der Waals surface area contributed by atoms with E-state index in [0.717, 1.165) is 4.31 Å². The fourth-order valence-electron chi connectivity index (χ4n) is 1.84. The number of thioether (sulfide) groups is 1. The van der Waals surface area contributed by atoms with Crippen molar-refractivity contribution >= 4 is 43.7 Å². The molecule has 1 aromatic rings. The minimum absolute atomic E-state index is 0.149. The molecule has 1 aliphatic heterocycles. The van der Waals surface area contributed by atoms with Crippen LogP contribution < -0.4 is 0 Å². The van der Waals surface area contributed by atoms with Crippen LogP contribution in [0.5, 0.6) is 0 Å². The Kier molecular flexibility index (Phi) is 4.24. The van der Waals surface area contributed by atoms with Crippen LogP contribution in [0.1, 0.15) is 5.56 Å². The number of carbonyl (C=O) groups is 1. The number of hydrogen-bond donors (Lipinski definition) is 1. The van der Waals surface area contributed by atoms with E-state index < -0.39 is 22.0 Å². The normalized spacial score (nSPS) is 20.6. The van der Waals surface area contributed by atoms with Crippen molar-refractivity contribution in [2.24, 2.45) is 0 Å². The Morgan fingerprint density at radius 1 is 1.53 bits per heavy atom. The van der Waals surface area contributed by atoms with Crippen molar-refractivity contribution in [3.8, 4) is 0 Å². The first-order chi connectivity index (χ1) is 8.84. The molecule has 19 heavy (non-hydrogen) atoms. The lowest BCUT2D eigenvalue weighted by molar-refractivity contribution is -0.140. The monoisotopic (exact) mass is 365 g/mol. The summed E-state index contributed by atoms with van der Waals surface area (Å²) >= 11 is 4.54. The van der Waals surface area contributed by atoms with E-state index >= 15 is 0 Å². The molecule has 1 aromatic carbocycles. The number of benzene rings is 1. The van der Waals surface area contributed by atoms with Crippen molar-refractivity contribution in [2.75, 3.05) is 11.6 Å². The van der Waals surface area contributed by atoms with Gasteiger partial charge in [0.15, 0.2) is 0 Å². The summed E-state index contributed by atoms with van der Waals surface area (Å²) in [5.74, 6) is -0.659. The highest BCUT2D eigenvalue weighted by atomic mass is 79.9. The fourth-order valence-corrected chi connectivity index (χ4v) is 5.74. The lowest BCUT2D eigenvalue weighted by atomic mass is 10.2. The molecule has 8 heteroatoms. The Morgan fingerprint density at radius 2 is 2.21 bits per heavy atom. The fraction of sp³-hybridized carbons (Fsp3) is 0.364. The Hall–Kier alpha value is -0.570. The zero-order chi connectivity index (χ0) is 14.2. The first-order valence-corrected chi connectivity index (χ1v) is 8.81. The SMILES string of the molecule is Cc1ccc(Br)cc1S(=O)(=O)N1CSC[C@H]1C(=O)O. The molecule has 0 unspecified atom stereocenters. The maximum atomic E-state index is 12.6. The highest BCUT2D eigenvalue weighted by molar-refractivity contribution is 9.10. The summed E-state index contributed by atoms with van der Waals surface area (Å²) in [6.45, 7) is 1.69. The highest BCUT2D eigenvalue weighted by Gasteiger charge is 2.40.